The molecule has 0 spiro atoms. The number of nitrogens with zero attached hydrogens (tertiary/aromatic N) is 9. The molecule has 1 N–H and O–H groups in total. The van der Waals surface area contributed by atoms with Crippen molar-refractivity contribution in [3.63, 3.8) is 0 Å². The summed E-state index contributed by atoms with van der Waals surface area (Å²) in [5.41, 5.74) is 4.90. The van der Waals surface area contributed by atoms with Crippen molar-refractivity contribution in [2.24, 2.45) is 0 Å². The second kappa shape index (κ2) is 6.51. The molecule has 10 heteroatoms. The topological polar surface area (TPSA) is 120 Å². The van der Waals surface area contributed by atoms with Crippen LogP contribution in [0.1, 0.15) is 17.0 Å². The van der Waals surface area contributed by atoms with Crippen molar-refractivity contribution in [2.45, 2.75) is 20.8 Å². The van der Waals surface area contributed by atoms with Crippen LogP contribution in [0.2, 0.25) is 0 Å². The molecule has 0 fully saturated rings. The highest BCUT2D eigenvalue weighted by Gasteiger charge is 2.13. The molecule has 4 aromatic heterocycles. The van der Waals surface area contributed by atoms with Gasteiger partial charge < -0.3 is 0 Å². The van der Waals surface area contributed by atoms with Gasteiger partial charge in [-0.25, -0.2) is 19.9 Å². The van der Waals surface area contributed by atoms with Crippen LogP contribution in [-0.2, 0) is 0 Å². The molecule has 0 unspecified atom stereocenters. The van der Waals surface area contributed by atoms with Gasteiger partial charge >= 0.3 is 0 Å². The number of rotatable bonds is 3. The van der Waals surface area contributed by atoms with Crippen molar-refractivity contribution in [3.8, 4) is 11.4 Å². The zero-order chi connectivity index (χ0) is 20.0. The molecule has 0 amide bonds. The lowest BCUT2D eigenvalue weighted by Crippen LogP contribution is -2.06. The lowest BCUT2D eigenvalue weighted by Gasteiger charge is -2.09. The molecule has 4 heterocycles. The highest BCUT2D eigenvalue weighted by Crippen LogP contribution is 2.22. The molecule has 142 valence electrons. The van der Waals surface area contributed by atoms with Gasteiger partial charge in [-0.2, -0.15) is 14.6 Å². The van der Waals surface area contributed by atoms with E-state index in [-0.39, 0.29) is 0 Å². The highest BCUT2D eigenvalue weighted by atomic mass is 15.4. The normalized spacial score (nSPS) is 11.3. The van der Waals surface area contributed by atoms with Gasteiger partial charge in [0, 0.05) is 11.6 Å². The maximum atomic E-state index is 4.57. The highest BCUT2D eigenvalue weighted by molar-refractivity contribution is 5.82. The summed E-state index contributed by atoms with van der Waals surface area (Å²) in [4.78, 5) is 22.0. The van der Waals surface area contributed by atoms with Crippen LogP contribution in [0.5, 0.6) is 0 Å². The number of benzene rings is 1. The van der Waals surface area contributed by atoms with Gasteiger partial charge in [-0.3, -0.25) is 5.32 Å². The van der Waals surface area contributed by atoms with E-state index in [1.54, 1.807) is 16.8 Å². The molecule has 0 bridgehead atoms. The fourth-order valence-corrected chi connectivity index (χ4v) is 3.15. The molecule has 1 aromatic carbocycles. The lowest BCUT2D eigenvalue weighted by atomic mass is 10.1. The fourth-order valence-electron chi connectivity index (χ4n) is 3.15. The standard InChI is InChI=1S/C19H16N10/c1-10-4-5-14-13(8-10)11(2)23-18(24-14)26-17-20-7-6-15(25-17)16-12(3)29-19(28-27-16)21-9-22-29/h4-9H,1-3H3,(H,20,23,24,25,26). The summed E-state index contributed by atoms with van der Waals surface area (Å²) in [6, 6.07) is 7.85. The number of anilines is 2. The minimum absolute atomic E-state index is 0.369. The van der Waals surface area contributed by atoms with Crippen LogP contribution >= 0.6 is 0 Å². The van der Waals surface area contributed by atoms with Crippen LogP contribution in [0, 0.1) is 20.8 Å². The van der Waals surface area contributed by atoms with Gasteiger partial charge in [0.1, 0.15) is 12.0 Å². The molecule has 0 aliphatic rings. The quantitative estimate of drug-likeness (QED) is 0.500. The van der Waals surface area contributed by atoms with Crippen LogP contribution in [0.3, 0.4) is 0 Å². The van der Waals surface area contributed by atoms with E-state index in [9.17, 15) is 0 Å². The summed E-state index contributed by atoms with van der Waals surface area (Å²) < 4.78 is 1.62. The van der Waals surface area contributed by atoms with Crippen molar-refractivity contribution in [1.82, 2.24) is 44.7 Å². The van der Waals surface area contributed by atoms with Crippen molar-refractivity contribution in [2.75, 3.05) is 5.32 Å². The number of fused-ring (bicyclic) bond motifs is 2. The van der Waals surface area contributed by atoms with E-state index in [1.807, 2.05) is 32.9 Å². The molecule has 5 rings (SSSR count). The van der Waals surface area contributed by atoms with Gasteiger partial charge in [-0.05, 0) is 39.0 Å². The Kier molecular flexibility index (Phi) is 3.83. The molecule has 0 saturated heterocycles. The Balaban J connectivity index is 1.52. The maximum absolute atomic E-state index is 4.57. The molecule has 0 aliphatic carbocycles. The zero-order valence-electron chi connectivity index (χ0n) is 16.0. The van der Waals surface area contributed by atoms with Gasteiger partial charge in [0.15, 0.2) is 0 Å². The fraction of sp³-hybridized carbons (Fsp3) is 0.158. The maximum Gasteiger partial charge on any atom is 0.271 e. The third-order valence-electron chi connectivity index (χ3n) is 4.59. The van der Waals surface area contributed by atoms with E-state index in [2.05, 4.69) is 51.6 Å². The SMILES string of the molecule is Cc1ccc2nc(Nc3nccc(-c4nnc5ncnn5c4C)n3)nc(C)c2c1. The summed E-state index contributed by atoms with van der Waals surface area (Å²) in [5.74, 6) is 1.24. The largest absolute Gasteiger partial charge is 0.293 e. The second-order valence-electron chi connectivity index (χ2n) is 6.65. The molecular weight excluding hydrogens is 368 g/mol. The van der Waals surface area contributed by atoms with Gasteiger partial charge in [0.2, 0.25) is 11.9 Å². The first-order valence-electron chi connectivity index (χ1n) is 8.97. The van der Waals surface area contributed by atoms with E-state index < -0.39 is 0 Å². The summed E-state index contributed by atoms with van der Waals surface area (Å²) in [6.07, 6.45) is 3.09. The Morgan fingerprint density at radius 2 is 1.79 bits per heavy atom. The van der Waals surface area contributed by atoms with Crippen molar-refractivity contribution < 1.29 is 0 Å². The number of hydrogen-bond acceptors (Lipinski definition) is 9. The number of hydrogen-bond donors (Lipinski definition) is 1. The minimum atomic E-state index is 0.369. The lowest BCUT2D eigenvalue weighted by molar-refractivity contribution is 0.850. The number of aryl methyl sites for hydroxylation is 3. The monoisotopic (exact) mass is 384 g/mol. The van der Waals surface area contributed by atoms with Gasteiger partial charge in [-0.1, -0.05) is 11.6 Å². The Morgan fingerprint density at radius 3 is 2.69 bits per heavy atom. The predicted molar refractivity (Wildman–Crippen MR) is 107 cm³/mol. The van der Waals surface area contributed by atoms with Crippen molar-refractivity contribution >= 4 is 28.6 Å². The van der Waals surface area contributed by atoms with Crippen LogP contribution in [0.15, 0.2) is 36.8 Å². The average Bonchev–Trinajstić information content (AvgIpc) is 3.19. The molecule has 10 nitrogen and oxygen atoms in total. The first-order valence-corrected chi connectivity index (χ1v) is 8.97. The molecule has 5 aromatic rings. The van der Waals surface area contributed by atoms with Crippen molar-refractivity contribution in [1.29, 1.82) is 0 Å². The molecule has 0 saturated carbocycles. The van der Waals surface area contributed by atoms with Crippen molar-refractivity contribution in [3.05, 3.63) is 53.7 Å². The smallest absolute Gasteiger partial charge is 0.271 e. The average molecular weight is 384 g/mol. The minimum Gasteiger partial charge on any atom is -0.293 e. The Morgan fingerprint density at radius 1 is 0.897 bits per heavy atom. The summed E-state index contributed by atoms with van der Waals surface area (Å²) >= 11 is 0. The van der Waals surface area contributed by atoms with Crippen LogP contribution in [-0.4, -0.2) is 44.7 Å². The predicted octanol–water partition coefficient (Wildman–Crippen LogP) is 2.59. The van der Waals surface area contributed by atoms with Crippen LogP contribution < -0.4 is 5.32 Å². The van der Waals surface area contributed by atoms with E-state index in [1.165, 1.54) is 11.9 Å². The molecule has 0 atom stereocenters. The third kappa shape index (κ3) is 3.00. The van der Waals surface area contributed by atoms with E-state index in [4.69, 9.17) is 0 Å². The first-order chi connectivity index (χ1) is 14.1. The van der Waals surface area contributed by atoms with Gasteiger partial charge in [-0.15, -0.1) is 10.2 Å². The Hall–Kier alpha value is -4.08. The first kappa shape index (κ1) is 17.0. The molecule has 0 aliphatic heterocycles. The van der Waals surface area contributed by atoms with Crippen LogP contribution in [0.4, 0.5) is 11.9 Å². The number of aromatic nitrogens is 9. The van der Waals surface area contributed by atoms with Gasteiger partial charge in [0.25, 0.3) is 5.78 Å². The summed E-state index contributed by atoms with van der Waals surface area (Å²) in [6.45, 7) is 5.89. The summed E-state index contributed by atoms with van der Waals surface area (Å²) in [7, 11) is 0. The second-order valence-corrected chi connectivity index (χ2v) is 6.65. The van der Waals surface area contributed by atoms with E-state index >= 15 is 0 Å². The third-order valence-corrected chi connectivity index (χ3v) is 4.59. The summed E-state index contributed by atoms with van der Waals surface area (Å²) in [5, 5.41) is 16.6. The van der Waals surface area contributed by atoms with E-state index in [0.29, 0.717) is 29.1 Å². The number of nitrogens with one attached hydrogen (secondary N) is 1. The molecule has 0 radical (unpaired) electrons. The zero-order valence-corrected chi connectivity index (χ0v) is 16.0. The van der Waals surface area contributed by atoms with E-state index in [0.717, 1.165) is 22.3 Å². The van der Waals surface area contributed by atoms with Crippen LogP contribution in [0.25, 0.3) is 28.1 Å². The molecular formula is C19H16N10. The van der Waals surface area contributed by atoms with Gasteiger partial charge in [0.05, 0.1) is 22.6 Å². The molecule has 29 heavy (non-hydrogen) atoms. The Bertz CT molecular complexity index is 1370. The Labute approximate surface area is 165 Å².